The molecule has 1 amide bonds. The summed E-state index contributed by atoms with van der Waals surface area (Å²) in [5.41, 5.74) is 6.63. The highest BCUT2D eigenvalue weighted by atomic mass is 32.2. The molecule has 0 bridgehead atoms. The summed E-state index contributed by atoms with van der Waals surface area (Å²) in [6, 6.07) is 3.98. The predicted molar refractivity (Wildman–Crippen MR) is 80.3 cm³/mol. The molecule has 0 radical (unpaired) electrons. The number of amides is 1. The standard InChI is InChI=1S/C13H21N3O3S/c1-8(2)15-13(17)9(3)16-12-6-5-10(7-11(12)14)20(4,18)19/h5-9,16H,14H2,1-4H3,(H,15,17). The zero-order chi connectivity index (χ0) is 15.5. The van der Waals surface area contributed by atoms with Gasteiger partial charge in [0.25, 0.3) is 0 Å². The minimum Gasteiger partial charge on any atom is -0.397 e. The Bertz CT molecular complexity index is 597. The molecule has 0 aromatic heterocycles. The molecule has 0 heterocycles. The van der Waals surface area contributed by atoms with Gasteiger partial charge in [-0.05, 0) is 39.0 Å². The Morgan fingerprint density at radius 3 is 2.30 bits per heavy atom. The molecule has 0 fully saturated rings. The van der Waals surface area contributed by atoms with Crippen molar-refractivity contribution in [1.82, 2.24) is 5.32 Å². The van der Waals surface area contributed by atoms with Crippen molar-refractivity contribution >= 4 is 27.1 Å². The lowest BCUT2D eigenvalue weighted by Crippen LogP contribution is -2.41. The number of hydrogen-bond acceptors (Lipinski definition) is 5. The summed E-state index contributed by atoms with van der Waals surface area (Å²) in [6.45, 7) is 5.46. The molecule has 0 aliphatic carbocycles. The number of hydrogen-bond donors (Lipinski definition) is 3. The van der Waals surface area contributed by atoms with Crippen LogP contribution in [0.2, 0.25) is 0 Å². The highest BCUT2D eigenvalue weighted by molar-refractivity contribution is 7.90. The third-order valence-corrected chi connectivity index (χ3v) is 3.76. The maximum absolute atomic E-state index is 11.8. The molecule has 6 nitrogen and oxygen atoms in total. The number of nitrogens with two attached hydrogens (primary N) is 1. The van der Waals surface area contributed by atoms with E-state index < -0.39 is 15.9 Å². The second kappa shape index (κ2) is 6.13. The lowest BCUT2D eigenvalue weighted by molar-refractivity contribution is -0.122. The van der Waals surface area contributed by atoms with E-state index in [9.17, 15) is 13.2 Å². The van der Waals surface area contributed by atoms with Crippen LogP contribution in [-0.4, -0.2) is 32.7 Å². The first-order valence-corrected chi connectivity index (χ1v) is 8.17. The smallest absolute Gasteiger partial charge is 0.242 e. The molecule has 0 aliphatic rings. The molecule has 1 rings (SSSR count). The number of anilines is 2. The SMILES string of the molecule is CC(C)NC(=O)C(C)Nc1ccc(S(C)(=O)=O)cc1N. The Morgan fingerprint density at radius 2 is 1.85 bits per heavy atom. The summed E-state index contributed by atoms with van der Waals surface area (Å²) in [5, 5.41) is 5.74. The second-order valence-corrected chi connectivity index (χ2v) is 7.07. The topological polar surface area (TPSA) is 101 Å². The average Bonchev–Trinajstić information content (AvgIpc) is 2.29. The van der Waals surface area contributed by atoms with Crippen molar-refractivity contribution in [3.8, 4) is 0 Å². The third-order valence-electron chi connectivity index (χ3n) is 2.65. The van der Waals surface area contributed by atoms with Crippen LogP contribution >= 0.6 is 0 Å². The summed E-state index contributed by atoms with van der Waals surface area (Å²) < 4.78 is 22.8. The molecule has 0 saturated carbocycles. The summed E-state index contributed by atoms with van der Waals surface area (Å²) >= 11 is 0. The van der Waals surface area contributed by atoms with Crippen molar-refractivity contribution < 1.29 is 13.2 Å². The minimum absolute atomic E-state index is 0.0525. The maximum atomic E-state index is 11.8. The van der Waals surface area contributed by atoms with Gasteiger partial charge in [0.15, 0.2) is 9.84 Å². The van der Waals surface area contributed by atoms with Crippen LogP contribution in [0.5, 0.6) is 0 Å². The van der Waals surface area contributed by atoms with Gasteiger partial charge in [0.05, 0.1) is 16.3 Å². The van der Waals surface area contributed by atoms with Gasteiger partial charge in [-0.2, -0.15) is 0 Å². The fourth-order valence-corrected chi connectivity index (χ4v) is 2.27. The largest absolute Gasteiger partial charge is 0.397 e. The van der Waals surface area contributed by atoms with Crippen molar-refractivity contribution in [2.45, 2.75) is 37.8 Å². The van der Waals surface area contributed by atoms with Gasteiger partial charge in [-0.15, -0.1) is 0 Å². The van der Waals surface area contributed by atoms with E-state index in [2.05, 4.69) is 10.6 Å². The van der Waals surface area contributed by atoms with Crippen LogP contribution in [0.15, 0.2) is 23.1 Å². The van der Waals surface area contributed by atoms with Crippen LogP contribution in [0.25, 0.3) is 0 Å². The normalized spacial score (nSPS) is 13.1. The van der Waals surface area contributed by atoms with Gasteiger partial charge in [-0.25, -0.2) is 8.42 Å². The molecule has 0 aliphatic heterocycles. The zero-order valence-electron chi connectivity index (χ0n) is 12.1. The maximum Gasteiger partial charge on any atom is 0.242 e. The van der Waals surface area contributed by atoms with E-state index in [1.165, 1.54) is 12.1 Å². The molecule has 1 aromatic carbocycles. The number of carbonyl (C=O) groups excluding carboxylic acids is 1. The number of rotatable bonds is 5. The van der Waals surface area contributed by atoms with Crippen molar-refractivity contribution in [3.63, 3.8) is 0 Å². The molecule has 7 heteroatoms. The third kappa shape index (κ3) is 4.41. The minimum atomic E-state index is -3.29. The van der Waals surface area contributed by atoms with Crippen LogP contribution in [0.3, 0.4) is 0 Å². The summed E-state index contributed by atoms with van der Waals surface area (Å²) in [5.74, 6) is -0.147. The van der Waals surface area contributed by atoms with Crippen LogP contribution in [0.4, 0.5) is 11.4 Å². The van der Waals surface area contributed by atoms with Crippen molar-refractivity contribution in [2.24, 2.45) is 0 Å². The number of nitrogens with one attached hydrogen (secondary N) is 2. The summed E-state index contributed by atoms with van der Waals surface area (Å²) in [6.07, 6.45) is 1.12. The van der Waals surface area contributed by atoms with E-state index in [-0.39, 0.29) is 22.5 Å². The highest BCUT2D eigenvalue weighted by Crippen LogP contribution is 2.23. The lowest BCUT2D eigenvalue weighted by atomic mass is 10.2. The van der Waals surface area contributed by atoms with Gasteiger partial charge in [0.1, 0.15) is 6.04 Å². The van der Waals surface area contributed by atoms with E-state index >= 15 is 0 Å². The average molecular weight is 299 g/mol. The van der Waals surface area contributed by atoms with Crippen LogP contribution in [0, 0.1) is 0 Å². The predicted octanol–water partition coefficient (Wildman–Crippen LogP) is 0.997. The van der Waals surface area contributed by atoms with Crippen molar-refractivity contribution in [2.75, 3.05) is 17.3 Å². The summed E-state index contributed by atoms with van der Waals surface area (Å²) in [4.78, 5) is 11.9. The molecule has 1 aromatic rings. The van der Waals surface area contributed by atoms with Gasteiger partial charge in [-0.3, -0.25) is 4.79 Å². The van der Waals surface area contributed by atoms with E-state index in [4.69, 9.17) is 5.73 Å². The Morgan fingerprint density at radius 1 is 1.25 bits per heavy atom. The fourth-order valence-electron chi connectivity index (χ4n) is 1.61. The lowest BCUT2D eigenvalue weighted by Gasteiger charge is -2.18. The van der Waals surface area contributed by atoms with Gasteiger partial charge >= 0.3 is 0 Å². The fraction of sp³-hybridized carbons (Fsp3) is 0.462. The first kappa shape index (κ1) is 16.3. The molecule has 0 spiro atoms. The van der Waals surface area contributed by atoms with Crippen LogP contribution < -0.4 is 16.4 Å². The van der Waals surface area contributed by atoms with Crippen LogP contribution in [-0.2, 0) is 14.6 Å². The van der Waals surface area contributed by atoms with E-state index in [0.717, 1.165) is 6.26 Å². The van der Waals surface area contributed by atoms with E-state index in [1.54, 1.807) is 13.0 Å². The van der Waals surface area contributed by atoms with Gasteiger partial charge in [-0.1, -0.05) is 0 Å². The Kier molecular flexibility index (Phi) is 4.99. The van der Waals surface area contributed by atoms with Crippen molar-refractivity contribution in [1.29, 1.82) is 0 Å². The van der Waals surface area contributed by atoms with Crippen molar-refractivity contribution in [3.05, 3.63) is 18.2 Å². The molecule has 1 atom stereocenters. The van der Waals surface area contributed by atoms with Gasteiger partial charge < -0.3 is 16.4 Å². The van der Waals surface area contributed by atoms with E-state index in [0.29, 0.717) is 5.69 Å². The second-order valence-electron chi connectivity index (χ2n) is 5.05. The molecule has 20 heavy (non-hydrogen) atoms. The first-order valence-electron chi connectivity index (χ1n) is 6.27. The van der Waals surface area contributed by atoms with Gasteiger partial charge in [0.2, 0.25) is 5.91 Å². The molecule has 1 unspecified atom stereocenters. The quantitative estimate of drug-likeness (QED) is 0.704. The van der Waals surface area contributed by atoms with Gasteiger partial charge in [0, 0.05) is 12.3 Å². The molecule has 4 N–H and O–H groups in total. The molecule has 112 valence electrons. The monoisotopic (exact) mass is 299 g/mol. The number of nitrogen functional groups attached to an aromatic ring is 1. The number of sulfone groups is 1. The Labute approximate surface area is 119 Å². The highest BCUT2D eigenvalue weighted by Gasteiger charge is 2.15. The number of benzene rings is 1. The number of carbonyl (C=O) groups is 1. The Hall–Kier alpha value is -1.76. The van der Waals surface area contributed by atoms with Crippen LogP contribution in [0.1, 0.15) is 20.8 Å². The Balaban J connectivity index is 2.87. The molecular weight excluding hydrogens is 278 g/mol. The molecule has 0 saturated heterocycles. The molecular formula is C13H21N3O3S. The zero-order valence-corrected chi connectivity index (χ0v) is 12.9. The first-order chi connectivity index (χ1) is 9.11. The van der Waals surface area contributed by atoms with E-state index in [1.807, 2.05) is 13.8 Å². The summed E-state index contributed by atoms with van der Waals surface area (Å²) in [7, 11) is -3.29.